The number of nitrogens with one attached hydrogen (secondary N) is 2. The van der Waals surface area contributed by atoms with Gasteiger partial charge in [-0.1, -0.05) is 38.1 Å². The smallest absolute Gasteiger partial charge is 0.191 e. The standard InChI is InChI=1S/C21H33N5.HI/c1-5-23-21(25-18(4)10-9-17(2)3)24-14-19-7-6-8-20(13-19)15-26-12-11-22-16-26;/h6-8,11-13,16-18H,5,9-10,14-15H2,1-4H3,(H2,23,24,25);1H. The van der Waals surface area contributed by atoms with Gasteiger partial charge in [-0.15, -0.1) is 24.0 Å². The Bertz CT molecular complexity index is 667. The van der Waals surface area contributed by atoms with Crippen LogP contribution in [0.1, 0.15) is 51.7 Å². The Kier molecular flexibility index (Phi) is 11.1. The Labute approximate surface area is 181 Å². The van der Waals surface area contributed by atoms with Crippen LogP contribution in [0.25, 0.3) is 0 Å². The van der Waals surface area contributed by atoms with Crippen molar-refractivity contribution in [3.05, 3.63) is 54.1 Å². The summed E-state index contributed by atoms with van der Waals surface area (Å²) in [6.45, 7) is 11.2. The summed E-state index contributed by atoms with van der Waals surface area (Å²) in [6, 6.07) is 9.01. The van der Waals surface area contributed by atoms with Gasteiger partial charge in [-0.2, -0.15) is 0 Å². The molecule has 27 heavy (non-hydrogen) atoms. The van der Waals surface area contributed by atoms with E-state index in [1.807, 2.05) is 18.7 Å². The van der Waals surface area contributed by atoms with Gasteiger partial charge in [0.25, 0.3) is 0 Å². The Hall–Kier alpha value is -1.57. The van der Waals surface area contributed by atoms with Crippen molar-refractivity contribution in [2.75, 3.05) is 6.54 Å². The molecule has 0 saturated carbocycles. The highest BCUT2D eigenvalue weighted by atomic mass is 127. The lowest BCUT2D eigenvalue weighted by molar-refractivity contribution is 0.489. The Balaban J connectivity index is 0.00000364. The van der Waals surface area contributed by atoms with Gasteiger partial charge in [0.15, 0.2) is 5.96 Å². The van der Waals surface area contributed by atoms with E-state index in [1.54, 1.807) is 0 Å². The van der Waals surface area contributed by atoms with E-state index in [2.05, 4.69) is 72.1 Å². The van der Waals surface area contributed by atoms with E-state index in [9.17, 15) is 0 Å². The van der Waals surface area contributed by atoms with E-state index in [0.717, 1.165) is 31.4 Å². The van der Waals surface area contributed by atoms with Gasteiger partial charge in [-0.3, -0.25) is 0 Å². The van der Waals surface area contributed by atoms with Crippen molar-refractivity contribution in [2.24, 2.45) is 10.9 Å². The maximum atomic E-state index is 4.76. The minimum atomic E-state index is 0. The topological polar surface area (TPSA) is 54.2 Å². The Morgan fingerprint density at radius 3 is 2.63 bits per heavy atom. The zero-order chi connectivity index (χ0) is 18.8. The summed E-state index contributed by atoms with van der Waals surface area (Å²) in [5, 5.41) is 6.87. The molecule has 1 heterocycles. The van der Waals surface area contributed by atoms with Crippen LogP contribution in [0.5, 0.6) is 0 Å². The van der Waals surface area contributed by atoms with Gasteiger partial charge in [-0.25, -0.2) is 9.98 Å². The molecule has 2 aromatic rings. The number of hydrogen-bond acceptors (Lipinski definition) is 2. The summed E-state index contributed by atoms with van der Waals surface area (Å²) >= 11 is 0. The van der Waals surface area contributed by atoms with Crippen molar-refractivity contribution in [3.8, 4) is 0 Å². The first-order valence-corrected chi connectivity index (χ1v) is 9.65. The summed E-state index contributed by atoms with van der Waals surface area (Å²) < 4.78 is 2.07. The second-order valence-corrected chi connectivity index (χ2v) is 7.27. The Morgan fingerprint density at radius 1 is 1.19 bits per heavy atom. The molecule has 0 spiro atoms. The van der Waals surface area contributed by atoms with Crippen LogP contribution in [0, 0.1) is 5.92 Å². The van der Waals surface area contributed by atoms with Crippen molar-refractivity contribution >= 4 is 29.9 Å². The molecule has 0 aliphatic carbocycles. The highest BCUT2D eigenvalue weighted by molar-refractivity contribution is 14.0. The van der Waals surface area contributed by atoms with Crippen molar-refractivity contribution in [1.82, 2.24) is 20.2 Å². The van der Waals surface area contributed by atoms with Crippen molar-refractivity contribution < 1.29 is 0 Å². The first-order valence-electron chi connectivity index (χ1n) is 9.65. The van der Waals surface area contributed by atoms with Crippen LogP contribution >= 0.6 is 24.0 Å². The molecule has 0 saturated heterocycles. The van der Waals surface area contributed by atoms with Gasteiger partial charge >= 0.3 is 0 Å². The molecule has 2 N–H and O–H groups in total. The molecule has 2 rings (SSSR count). The highest BCUT2D eigenvalue weighted by Crippen LogP contribution is 2.09. The summed E-state index contributed by atoms with van der Waals surface area (Å²) in [5.41, 5.74) is 2.48. The molecule has 150 valence electrons. The number of halogens is 1. The number of nitrogens with zero attached hydrogens (tertiary/aromatic N) is 3. The van der Waals surface area contributed by atoms with Gasteiger partial charge < -0.3 is 15.2 Å². The summed E-state index contributed by atoms with van der Waals surface area (Å²) in [5.74, 6) is 1.63. The van der Waals surface area contributed by atoms with Crippen LogP contribution < -0.4 is 10.6 Å². The number of aromatic nitrogens is 2. The monoisotopic (exact) mass is 483 g/mol. The minimum absolute atomic E-state index is 0. The van der Waals surface area contributed by atoms with E-state index >= 15 is 0 Å². The zero-order valence-electron chi connectivity index (χ0n) is 17.0. The molecule has 0 bridgehead atoms. The van der Waals surface area contributed by atoms with Gasteiger partial charge in [0, 0.05) is 31.5 Å². The predicted octanol–water partition coefficient (Wildman–Crippen LogP) is 4.43. The molecular weight excluding hydrogens is 449 g/mol. The quantitative estimate of drug-likeness (QED) is 0.315. The van der Waals surface area contributed by atoms with E-state index in [4.69, 9.17) is 4.99 Å². The molecule has 5 nitrogen and oxygen atoms in total. The molecule has 6 heteroatoms. The van der Waals surface area contributed by atoms with E-state index in [1.165, 1.54) is 17.5 Å². The van der Waals surface area contributed by atoms with Crippen molar-refractivity contribution in [1.29, 1.82) is 0 Å². The molecule has 0 amide bonds. The molecular formula is C21H34IN5. The van der Waals surface area contributed by atoms with Gasteiger partial charge in [0.2, 0.25) is 0 Å². The number of imidazole rings is 1. The predicted molar refractivity (Wildman–Crippen MR) is 125 cm³/mol. The number of aliphatic imine (C=N–C) groups is 1. The highest BCUT2D eigenvalue weighted by Gasteiger charge is 2.06. The van der Waals surface area contributed by atoms with Gasteiger partial charge in [-0.05, 0) is 43.7 Å². The fraction of sp³-hybridized carbons (Fsp3) is 0.524. The zero-order valence-corrected chi connectivity index (χ0v) is 19.3. The SMILES string of the molecule is CCNC(=NCc1cccc(Cn2ccnc2)c1)NC(C)CCC(C)C.I. The van der Waals surface area contributed by atoms with E-state index in [-0.39, 0.29) is 24.0 Å². The first kappa shape index (κ1) is 23.5. The molecule has 0 fully saturated rings. The summed E-state index contributed by atoms with van der Waals surface area (Å²) in [4.78, 5) is 8.86. The lowest BCUT2D eigenvalue weighted by atomic mass is 10.0. The third-order valence-corrected chi connectivity index (χ3v) is 4.24. The lowest BCUT2D eigenvalue weighted by Crippen LogP contribution is -2.42. The third-order valence-electron chi connectivity index (χ3n) is 4.24. The normalized spacial score (nSPS) is 12.6. The lowest BCUT2D eigenvalue weighted by Gasteiger charge is -2.18. The van der Waals surface area contributed by atoms with Crippen LogP contribution in [-0.4, -0.2) is 28.1 Å². The third kappa shape index (κ3) is 9.26. The van der Waals surface area contributed by atoms with Gasteiger partial charge in [0.05, 0.1) is 12.9 Å². The van der Waals surface area contributed by atoms with Crippen molar-refractivity contribution in [3.63, 3.8) is 0 Å². The number of benzene rings is 1. The second-order valence-electron chi connectivity index (χ2n) is 7.27. The average molecular weight is 483 g/mol. The van der Waals surface area contributed by atoms with Crippen LogP contribution in [0.4, 0.5) is 0 Å². The molecule has 1 aromatic carbocycles. The number of guanidine groups is 1. The molecule has 1 aromatic heterocycles. The van der Waals surface area contributed by atoms with E-state index in [0.29, 0.717) is 12.6 Å². The van der Waals surface area contributed by atoms with Crippen LogP contribution in [0.2, 0.25) is 0 Å². The maximum Gasteiger partial charge on any atom is 0.191 e. The summed E-state index contributed by atoms with van der Waals surface area (Å²) in [6.07, 6.45) is 8.02. The second kappa shape index (κ2) is 12.8. The van der Waals surface area contributed by atoms with Crippen LogP contribution in [0.3, 0.4) is 0 Å². The Morgan fingerprint density at radius 2 is 1.96 bits per heavy atom. The number of rotatable bonds is 9. The summed E-state index contributed by atoms with van der Waals surface area (Å²) in [7, 11) is 0. The first-order chi connectivity index (χ1) is 12.6. The molecule has 0 aliphatic heterocycles. The fourth-order valence-corrected chi connectivity index (χ4v) is 2.80. The van der Waals surface area contributed by atoms with Gasteiger partial charge in [0.1, 0.15) is 0 Å². The van der Waals surface area contributed by atoms with E-state index < -0.39 is 0 Å². The van der Waals surface area contributed by atoms with Crippen LogP contribution in [-0.2, 0) is 13.1 Å². The van der Waals surface area contributed by atoms with Crippen molar-refractivity contribution in [2.45, 2.75) is 59.7 Å². The molecule has 1 unspecified atom stereocenters. The largest absolute Gasteiger partial charge is 0.357 e. The number of hydrogen-bond donors (Lipinski definition) is 2. The average Bonchev–Trinajstić information content (AvgIpc) is 3.11. The minimum Gasteiger partial charge on any atom is -0.357 e. The fourth-order valence-electron chi connectivity index (χ4n) is 2.80. The molecule has 0 radical (unpaired) electrons. The van der Waals surface area contributed by atoms with Crippen LogP contribution in [0.15, 0.2) is 48.0 Å². The molecule has 0 aliphatic rings. The maximum absolute atomic E-state index is 4.76. The molecule has 1 atom stereocenters.